The van der Waals surface area contributed by atoms with Crippen LogP contribution in [0.15, 0.2) is 18.2 Å². The molecule has 0 aliphatic carbocycles. The molecular formula is C14H18O5. The molecule has 5 heteroatoms. The largest absolute Gasteiger partial charge is 0.496 e. The van der Waals surface area contributed by atoms with Crippen molar-refractivity contribution in [3.05, 3.63) is 23.8 Å². The maximum absolute atomic E-state index is 11.3. The van der Waals surface area contributed by atoms with E-state index < -0.39 is 5.97 Å². The molecule has 0 aliphatic rings. The summed E-state index contributed by atoms with van der Waals surface area (Å²) in [5, 5.41) is 0. The van der Waals surface area contributed by atoms with Crippen LogP contribution in [0.3, 0.4) is 0 Å². The zero-order valence-electron chi connectivity index (χ0n) is 11.6. The third kappa shape index (κ3) is 3.91. The number of carbonyl (C=O) groups excluding carboxylic acids is 1. The van der Waals surface area contributed by atoms with Crippen LogP contribution in [0.25, 0.3) is 6.08 Å². The van der Waals surface area contributed by atoms with Crippen molar-refractivity contribution < 1.29 is 23.7 Å². The van der Waals surface area contributed by atoms with Gasteiger partial charge in [0.15, 0.2) is 11.5 Å². The maximum atomic E-state index is 11.3. The van der Waals surface area contributed by atoms with Crippen LogP contribution >= 0.6 is 0 Å². The summed E-state index contributed by atoms with van der Waals surface area (Å²) in [6.45, 7) is 2.09. The zero-order chi connectivity index (χ0) is 14.3. The summed E-state index contributed by atoms with van der Waals surface area (Å²) in [7, 11) is 4.64. The van der Waals surface area contributed by atoms with Crippen LogP contribution in [0.4, 0.5) is 0 Å². The number of carbonyl (C=O) groups is 1. The van der Waals surface area contributed by atoms with Crippen molar-refractivity contribution in [3.8, 4) is 17.2 Å². The molecule has 0 bridgehead atoms. The van der Waals surface area contributed by atoms with Gasteiger partial charge in [-0.1, -0.05) is 0 Å². The lowest BCUT2D eigenvalue weighted by Gasteiger charge is -2.12. The van der Waals surface area contributed by atoms with E-state index in [-0.39, 0.29) is 0 Å². The average molecular weight is 266 g/mol. The molecule has 0 saturated heterocycles. The molecule has 0 N–H and O–H groups in total. The Morgan fingerprint density at radius 1 is 1.05 bits per heavy atom. The van der Waals surface area contributed by atoms with E-state index in [0.717, 1.165) is 0 Å². The van der Waals surface area contributed by atoms with E-state index in [1.54, 1.807) is 46.5 Å². The van der Waals surface area contributed by atoms with Crippen LogP contribution in [0.1, 0.15) is 12.5 Å². The number of ether oxygens (including phenoxy) is 4. The van der Waals surface area contributed by atoms with Crippen molar-refractivity contribution in [2.75, 3.05) is 27.9 Å². The second kappa shape index (κ2) is 7.31. The van der Waals surface area contributed by atoms with E-state index in [9.17, 15) is 4.79 Å². The van der Waals surface area contributed by atoms with Gasteiger partial charge in [0.05, 0.1) is 27.9 Å². The van der Waals surface area contributed by atoms with Gasteiger partial charge in [-0.3, -0.25) is 0 Å². The number of methoxy groups -OCH3 is 3. The van der Waals surface area contributed by atoms with E-state index in [4.69, 9.17) is 18.9 Å². The normalized spacial score (nSPS) is 10.3. The minimum absolute atomic E-state index is 0.340. The van der Waals surface area contributed by atoms with Crippen molar-refractivity contribution in [1.82, 2.24) is 0 Å². The van der Waals surface area contributed by atoms with Crippen molar-refractivity contribution >= 4 is 12.0 Å². The maximum Gasteiger partial charge on any atom is 0.330 e. The molecule has 0 aromatic heterocycles. The van der Waals surface area contributed by atoms with Gasteiger partial charge in [0.1, 0.15) is 5.75 Å². The Labute approximate surface area is 112 Å². The Bertz CT molecular complexity index is 465. The van der Waals surface area contributed by atoms with Crippen LogP contribution in [0, 0.1) is 0 Å². The van der Waals surface area contributed by atoms with Gasteiger partial charge in [0.2, 0.25) is 0 Å². The highest BCUT2D eigenvalue weighted by Gasteiger charge is 2.10. The highest BCUT2D eigenvalue weighted by atomic mass is 16.5. The lowest BCUT2D eigenvalue weighted by Crippen LogP contribution is -1.99. The van der Waals surface area contributed by atoms with Gasteiger partial charge in [-0.15, -0.1) is 0 Å². The molecule has 0 amide bonds. The lowest BCUT2D eigenvalue weighted by molar-refractivity contribution is -0.137. The van der Waals surface area contributed by atoms with Gasteiger partial charge in [0, 0.05) is 17.7 Å². The molecule has 0 heterocycles. The molecule has 0 unspecified atom stereocenters. The minimum Gasteiger partial charge on any atom is -0.496 e. The van der Waals surface area contributed by atoms with Crippen molar-refractivity contribution in [2.45, 2.75) is 6.92 Å². The predicted molar refractivity (Wildman–Crippen MR) is 71.8 cm³/mol. The van der Waals surface area contributed by atoms with Gasteiger partial charge < -0.3 is 18.9 Å². The number of hydrogen-bond donors (Lipinski definition) is 0. The van der Waals surface area contributed by atoms with Gasteiger partial charge in [-0.2, -0.15) is 0 Å². The number of hydrogen-bond acceptors (Lipinski definition) is 5. The highest BCUT2D eigenvalue weighted by molar-refractivity contribution is 5.87. The van der Waals surface area contributed by atoms with Crippen LogP contribution in [0.5, 0.6) is 17.2 Å². The molecule has 104 valence electrons. The molecule has 0 atom stereocenters. The first-order valence-electron chi connectivity index (χ1n) is 5.81. The lowest BCUT2D eigenvalue weighted by atomic mass is 10.1. The van der Waals surface area contributed by atoms with Gasteiger partial charge in [0.25, 0.3) is 0 Å². The Morgan fingerprint density at radius 2 is 1.63 bits per heavy atom. The molecule has 19 heavy (non-hydrogen) atoms. The van der Waals surface area contributed by atoms with E-state index in [0.29, 0.717) is 29.4 Å². The molecular weight excluding hydrogens is 248 g/mol. The summed E-state index contributed by atoms with van der Waals surface area (Å²) in [6, 6.07) is 3.43. The van der Waals surface area contributed by atoms with Gasteiger partial charge in [-0.05, 0) is 19.1 Å². The summed E-state index contributed by atoms with van der Waals surface area (Å²) >= 11 is 0. The SMILES string of the molecule is CCOC(=O)C=Cc1cc(OC)c(OC)cc1OC. The van der Waals surface area contributed by atoms with Gasteiger partial charge in [-0.25, -0.2) is 4.79 Å². The Kier molecular flexibility index (Phi) is 5.73. The summed E-state index contributed by atoms with van der Waals surface area (Å²) in [5.41, 5.74) is 0.702. The van der Waals surface area contributed by atoms with E-state index in [1.807, 2.05) is 0 Å². The summed E-state index contributed by atoms with van der Waals surface area (Å²) in [4.78, 5) is 11.3. The first-order chi connectivity index (χ1) is 9.15. The van der Waals surface area contributed by atoms with Gasteiger partial charge >= 0.3 is 5.97 Å². The number of benzene rings is 1. The zero-order valence-corrected chi connectivity index (χ0v) is 11.6. The fourth-order valence-corrected chi connectivity index (χ4v) is 1.53. The fraction of sp³-hybridized carbons (Fsp3) is 0.357. The fourth-order valence-electron chi connectivity index (χ4n) is 1.53. The van der Waals surface area contributed by atoms with Crippen LogP contribution in [-0.4, -0.2) is 33.9 Å². The molecule has 0 saturated carbocycles. The molecule has 5 nitrogen and oxygen atoms in total. The molecule has 1 aromatic rings. The molecule has 0 spiro atoms. The molecule has 1 rings (SSSR count). The average Bonchev–Trinajstić information content (AvgIpc) is 2.44. The first-order valence-corrected chi connectivity index (χ1v) is 5.81. The second-order valence-electron chi connectivity index (χ2n) is 3.53. The second-order valence-corrected chi connectivity index (χ2v) is 3.53. The van der Waals surface area contributed by atoms with E-state index >= 15 is 0 Å². The Balaban J connectivity index is 3.08. The highest BCUT2D eigenvalue weighted by Crippen LogP contribution is 2.35. The molecule has 0 aliphatic heterocycles. The summed E-state index contributed by atoms with van der Waals surface area (Å²) < 4.78 is 20.4. The van der Waals surface area contributed by atoms with E-state index in [2.05, 4.69) is 0 Å². The predicted octanol–water partition coefficient (Wildman–Crippen LogP) is 2.29. The monoisotopic (exact) mass is 266 g/mol. The first kappa shape index (κ1) is 14.9. The van der Waals surface area contributed by atoms with Crippen molar-refractivity contribution in [3.63, 3.8) is 0 Å². The van der Waals surface area contributed by atoms with Crippen LogP contribution < -0.4 is 14.2 Å². The van der Waals surface area contributed by atoms with Crippen molar-refractivity contribution in [1.29, 1.82) is 0 Å². The van der Waals surface area contributed by atoms with E-state index in [1.165, 1.54) is 6.08 Å². The van der Waals surface area contributed by atoms with Crippen molar-refractivity contribution in [2.24, 2.45) is 0 Å². The quantitative estimate of drug-likeness (QED) is 0.584. The third-order valence-corrected chi connectivity index (χ3v) is 2.42. The standard InChI is InChI=1S/C14H18O5/c1-5-19-14(15)7-6-10-8-12(17-3)13(18-4)9-11(10)16-2/h6-9H,5H2,1-4H3. The minimum atomic E-state index is -0.403. The van der Waals surface area contributed by atoms with Crippen LogP contribution in [0.2, 0.25) is 0 Å². The number of esters is 1. The topological polar surface area (TPSA) is 54.0 Å². The van der Waals surface area contributed by atoms with Crippen LogP contribution in [-0.2, 0) is 9.53 Å². The molecule has 0 fully saturated rings. The number of rotatable bonds is 6. The molecule has 1 aromatic carbocycles. The smallest absolute Gasteiger partial charge is 0.330 e. The Morgan fingerprint density at radius 3 is 2.16 bits per heavy atom. The Hall–Kier alpha value is -2.17. The summed E-state index contributed by atoms with van der Waals surface area (Å²) in [5.74, 6) is 1.30. The summed E-state index contributed by atoms with van der Waals surface area (Å²) in [6.07, 6.45) is 2.95. The molecule has 0 radical (unpaired) electrons. The third-order valence-electron chi connectivity index (χ3n) is 2.42.